The maximum absolute atomic E-state index is 12.4. The number of carbonyl (C=O) groups excluding carboxylic acids is 2. The molecular weight excluding hydrogens is 278 g/mol. The Hall–Kier alpha value is -1.55. The Morgan fingerprint density at radius 1 is 1.45 bits per heavy atom. The second-order valence-corrected chi connectivity index (χ2v) is 5.29. The smallest absolute Gasteiger partial charge is 0.310 e. The van der Waals surface area contributed by atoms with Crippen molar-refractivity contribution in [3.05, 3.63) is 34.9 Å². The minimum atomic E-state index is -0.216. The van der Waals surface area contributed by atoms with Crippen molar-refractivity contribution in [2.24, 2.45) is 5.92 Å². The summed E-state index contributed by atoms with van der Waals surface area (Å²) < 4.78 is 5.04. The minimum Gasteiger partial charge on any atom is -0.466 e. The normalized spacial score (nSPS) is 18.7. The lowest BCUT2D eigenvalue weighted by Crippen LogP contribution is -2.42. The summed E-state index contributed by atoms with van der Waals surface area (Å²) in [6.07, 6.45) is 1.59. The number of benzene rings is 1. The van der Waals surface area contributed by atoms with Crippen LogP contribution in [0.3, 0.4) is 0 Å². The summed E-state index contributed by atoms with van der Waals surface area (Å²) in [7, 11) is 0. The Kier molecular flexibility index (Phi) is 5.01. The highest BCUT2D eigenvalue weighted by Gasteiger charge is 2.29. The van der Waals surface area contributed by atoms with Gasteiger partial charge in [0, 0.05) is 23.7 Å². The third-order valence-corrected chi connectivity index (χ3v) is 3.64. The molecule has 1 atom stereocenters. The first-order chi connectivity index (χ1) is 9.61. The number of piperidine rings is 1. The number of carbonyl (C=O) groups is 2. The van der Waals surface area contributed by atoms with Gasteiger partial charge in [0.15, 0.2) is 0 Å². The third kappa shape index (κ3) is 3.51. The molecule has 0 spiro atoms. The van der Waals surface area contributed by atoms with Gasteiger partial charge in [-0.25, -0.2) is 0 Å². The summed E-state index contributed by atoms with van der Waals surface area (Å²) in [5, 5.41) is 0.537. The number of likely N-dealkylation sites (tertiary alicyclic amines) is 1. The molecule has 4 nitrogen and oxygen atoms in total. The number of hydrogen-bond acceptors (Lipinski definition) is 3. The molecule has 5 heteroatoms. The van der Waals surface area contributed by atoms with Crippen molar-refractivity contribution >= 4 is 23.5 Å². The van der Waals surface area contributed by atoms with Gasteiger partial charge in [-0.15, -0.1) is 0 Å². The molecule has 1 aliphatic rings. The van der Waals surface area contributed by atoms with Crippen LogP contribution in [-0.2, 0) is 9.53 Å². The van der Waals surface area contributed by atoms with Gasteiger partial charge < -0.3 is 9.64 Å². The predicted octanol–water partition coefficient (Wildman–Crippen LogP) is 2.76. The molecule has 0 bridgehead atoms. The average molecular weight is 296 g/mol. The molecule has 108 valence electrons. The first-order valence-corrected chi connectivity index (χ1v) is 7.21. The van der Waals surface area contributed by atoms with Gasteiger partial charge in [0.25, 0.3) is 5.91 Å². The number of halogens is 1. The third-order valence-electron chi connectivity index (χ3n) is 3.40. The molecular formula is C15H18ClNO3. The standard InChI is InChI=1S/C15H18ClNO3/c1-2-20-15(19)12-6-4-8-17(10-12)14(18)11-5-3-7-13(16)9-11/h3,5,7,9,12H,2,4,6,8,10H2,1H3. The van der Waals surface area contributed by atoms with Crippen LogP contribution in [0.25, 0.3) is 0 Å². The quantitative estimate of drug-likeness (QED) is 0.806. The number of rotatable bonds is 3. The first-order valence-electron chi connectivity index (χ1n) is 6.83. The summed E-state index contributed by atoms with van der Waals surface area (Å²) in [4.78, 5) is 25.9. The summed E-state index contributed by atoms with van der Waals surface area (Å²) in [5.41, 5.74) is 0.557. The number of nitrogens with zero attached hydrogens (tertiary/aromatic N) is 1. The van der Waals surface area contributed by atoms with E-state index in [1.807, 2.05) is 0 Å². The minimum absolute atomic E-state index is 0.0819. The molecule has 1 aromatic rings. The van der Waals surface area contributed by atoms with Crippen molar-refractivity contribution in [3.63, 3.8) is 0 Å². The van der Waals surface area contributed by atoms with Crippen molar-refractivity contribution in [3.8, 4) is 0 Å². The molecule has 1 aliphatic heterocycles. The molecule has 1 fully saturated rings. The van der Waals surface area contributed by atoms with Crippen LogP contribution in [0.5, 0.6) is 0 Å². The van der Waals surface area contributed by atoms with E-state index in [9.17, 15) is 9.59 Å². The summed E-state index contributed by atoms with van der Waals surface area (Å²) in [6.45, 7) is 3.25. The SMILES string of the molecule is CCOC(=O)C1CCCN(C(=O)c2cccc(Cl)c2)C1. The zero-order chi connectivity index (χ0) is 14.5. The number of amides is 1. The van der Waals surface area contributed by atoms with E-state index in [2.05, 4.69) is 0 Å². The van der Waals surface area contributed by atoms with Crippen LogP contribution in [0.2, 0.25) is 5.02 Å². The topological polar surface area (TPSA) is 46.6 Å². The largest absolute Gasteiger partial charge is 0.466 e. The van der Waals surface area contributed by atoms with Crippen LogP contribution in [0, 0.1) is 5.92 Å². The van der Waals surface area contributed by atoms with Gasteiger partial charge in [0.05, 0.1) is 12.5 Å². The molecule has 1 heterocycles. The lowest BCUT2D eigenvalue weighted by atomic mass is 9.97. The molecule has 1 aromatic carbocycles. The first kappa shape index (κ1) is 14.9. The molecule has 2 rings (SSSR count). The Balaban J connectivity index is 2.05. The van der Waals surface area contributed by atoms with Gasteiger partial charge in [0.2, 0.25) is 0 Å². The van der Waals surface area contributed by atoms with E-state index in [1.54, 1.807) is 36.1 Å². The van der Waals surface area contributed by atoms with Crippen LogP contribution in [0.4, 0.5) is 0 Å². The zero-order valence-electron chi connectivity index (χ0n) is 11.5. The van der Waals surface area contributed by atoms with E-state index in [0.717, 1.165) is 12.8 Å². The molecule has 1 saturated heterocycles. The Labute approximate surface area is 123 Å². The van der Waals surface area contributed by atoms with E-state index < -0.39 is 0 Å². The monoisotopic (exact) mass is 295 g/mol. The average Bonchev–Trinajstić information content (AvgIpc) is 2.47. The van der Waals surface area contributed by atoms with Gasteiger partial charge in [-0.3, -0.25) is 9.59 Å². The summed E-state index contributed by atoms with van der Waals surface area (Å²) in [6, 6.07) is 6.87. The highest BCUT2D eigenvalue weighted by molar-refractivity contribution is 6.30. The molecule has 0 saturated carbocycles. The van der Waals surface area contributed by atoms with Gasteiger partial charge in [-0.2, -0.15) is 0 Å². The Bertz CT molecular complexity index is 504. The van der Waals surface area contributed by atoms with Crippen LogP contribution >= 0.6 is 11.6 Å². The lowest BCUT2D eigenvalue weighted by molar-refractivity contribution is -0.149. The van der Waals surface area contributed by atoms with Crippen molar-refractivity contribution in [1.29, 1.82) is 0 Å². The van der Waals surface area contributed by atoms with Crippen LogP contribution in [-0.4, -0.2) is 36.5 Å². The summed E-state index contributed by atoms with van der Waals surface area (Å²) >= 11 is 5.90. The molecule has 0 aromatic heterocycles. The van der Waals surface area contributed by atoms with Gasteiger partial charge in [-0.05, 0) is 38.0 Å². The van der Waals surface area contributed by atoms with Crippen molar-refractivity contribution in [2.45, 2.75) is 19.8 Å². The zero-order valence-corrected chi connectivity index (χ0v) is 12.2. The van der Waals surface area contributed by atoms with Crippen LogP contribution < -0.4 is 0 Å². The molecule has 0 aliphatic carbocycles. The number of hydrogen-bond donors (Lipinski definition) is 0. The van der Waals surface area contributed by atoms with E-state index in [1.165, 1.54) is 0 Å². The highest BCUT2D eigenvalue weighted by atomic mass is 35.5. The van der Waals surface area contributed by atoms with Crippen LogP contribution in [0.15, 0.2) is 24.3 Å². The Morgan fingerprint density at radius 2 is 2.25 bits per heavy atom. The second kappa shape index (κ2) is 6.75. The summed E-state index contributed by atoms with van der Waals surface area (Å²) in [5.74, 6) is -0.510. The fourth-order valence-corrected chi connectivity index (χ4v) is 2.61. The Morgan fingerprint density at radius 3 is 2.95 bits per heavy atom. The number of esters is 1. The van der Waals surface area contributed by atoms with Crippen LogP contribution in [0.1, 0.15) is 30.1 Å². The molecule has 1 unspecified atom stereocenters. The lowest BCUT2D eigenvalue weighted by Gasteiger charge is -2.31. The molecule has 20 heavy (non-hydrogen) atoms. The highest BCUT2D eigenvalue weighted by Crippen LogP contribution is 2.21. The van der Waals surface area contributed by atoms with Gasteiger partial charge in [0.1, 0.15) is 0 Å². The van der Waals surface area contributed by atoms with Gasteiger partial charge in [-0.1, -0.05) is 17.7 Å². The molecule has 1 amide bonds. The van der Waals surface area contributed by atoms with Crippen molar-refractivity contribution in [1.82, 2.24) is 4.90 Å². The van der Waals surface area contributed by atoms with E-state index in [-0.39, 0.29) is 17.8 Å². The molecule has 0 radical (unpaired) electrons. The van der Waals surface area contributed by atoms with E-state index >= 15 is 0 Å². The van der Waals surface area contributed by atoms with Gasteiger partial charge >= 0.3 is 5.97 Å². The van der Waals surface area contributed by atoms with E-state index in [4.69, 9.17) is 16.3 Å². The number of ether oxygens (including phenoxy) is 1. The van der Waals surface area contributed by atoms with E-state index in [0.29, 0.717) is 30.3 Å². The predicted molar refractivity (Wildman–Crippen MR) is 76.7 cm³/mol. The van der Waals surface area contributed by atoms with Crippen molar-refractivity contribution < 1.29 is 14.3 Å². The molecule has 0 N–H and O–H groups in total. The maximum atomic E-state index is 12.4. The second-order valence-electron chi connectivity index (χ2n) is 4.85. The maximum Gasteiger partial charge on any atom is 0.310 e. The fraction of sp³-hybridized carbons (Fsp3) is 0.467. The fourth-order valence-electron chi connectivity index (χ4n) is 2.42. The van der Waals surface area contributed by atoms with Crippen molar-refractivity contribution in [2.75, 3.05) is 19.7 Å².